The molecular weight excluding hydrogens is 1120 g/mol. The summed E-state index contributed by atoms with van der Waals surface area (Å²) in [6.45, 7) is 1.10. The largest absolute Gasteiger partial charge is 0.481 e. The molecule has 18 N–H and O–H groups in total. The van der Waals surface area contributed by atoms with Crippen molar-refractivity contribution in [3.05, 3.63) is 0 Å². The first-order valence-electron chi connectivity index (χ1n) is 28.9. The van der Waals surface area contributed by atoms with Crippen LogP contribution in [0.15, 0.2) is 0 Å². The minimum absolute atomic E-state index is 0.113. The van der Waals surface area contributed by atoms with E-state index in [9.17, 15) is 91.6 Å². The van der Waals surface area contributed by atoms with E-state index in [1.165, 1.54) is 13.8 Å². The lowest BCUT2D eigenvalue weighted by atomic mass is 9.95. The van der Waals surface area contributed by atoms with Crippen LogP contribution in [0.1, 0.15) is 104 Å². The number of hydrogen-bond acceptors (Lipinski definition) is 30. The molecule has 31 atom stereocenters. The average molecular weight is 1210 g/mol. The predicted octanol–water partition coefficient (Wildman–Crippen LogP) is -6.48. The van der Waals surface area contributed by atoms with E-state index in [-0.39, 0.29) is 6.42 Å². The number of unbranched alkanes of at least 4 members (excludes halogenated alkanes) is 8. The molecule has 0 amide bonds. The predicted molar refractivity (Wildman–Crippen MR) is 272 cm³/mol. The molecule has 6 rings (SSSR count). The van der Waals surface area contributed by atoms with Crippen LogP contribution in [0.5, 0.6) is 0 Å². The van der Waals surface area contributed by atoms with Gasteiger partial charge in [-0.2, -0.15) is 0 Å². The van der Waals surface area contributed by atoms with Gasteiger partial charge in [0.15, 0.2) is 37.7 Å². The number of carboxylic acids is 1. The highest BCUT2D eigenvalue weighted by molar-refractivity contribution is 5.66. The summed E-state index contributed by atoms with van der Waals surface area (Å²) in [5, 5.41) is 195. The lowest BCUT2D eigenvalue weighted by molar-refractivity contribution is -0.414. The van der Waals surface area contributed by atoms with Crippen LogP contribution in [0.25, 0.3) is 0 Å². The Morgan fingerprint density at radius 3 is 1.30 bits per heavy atom. The summed E-state index contributed by atoms with van der Waals surface area (Å²) in [6.07, 6.45) is -46.2. The maximum atomic E-state index is 12.1. The molecule has 0 saturated carbocycles. The summed E-state index contributed by atoms with van der Waals surface area (Å²) >= 11 is 0. The van der Waals surface area contributed by atoms with Gasteiger partial charge in [0, 0.05) is 6.42 Å². The summed E-state index contributed by atoms with van der Waals surface area (Å²) in [4.78, 5) is 10.9. The molecule has 0 aromatic heterocycles. The maximum absolute atomic E-state index is 12.1. The van der Waals surface area contributed by atoms with Crippen molar-refractivity contribution in [3.63, 3.8) is 0 Å². The third-order valence-corrected chi connectivity index (χ3v) is 16.2. The first kappa shape index (κ1) is 70.4. The van der Waals surface area contributed by atoms with Crippen LogP contribution >= 0.6 is 0 Å². The van der Waals surface area contributed by atoms with E-state index in [0.717, 1.165) is 57.8 Å². The van der Waals surface area contributed by atoms with Gasteiger partial charge in [0.2, 0.25) is 0 Å². The standard InChI is InChI=1S/C52H92O31/c1-4-5-11-14-23(15-12-9-7-6-8-10-13-16-28(57)58)74-51-45(36(66)29(59)21(2)73-51)82-52-46(44(33(63)26(19-55)77-52)81-48-39(69)35(65)32(62)25(18-54)76-48)83-50-41(71)43(30(60)22(3)72-50)80-49-40(70)37(67)42(27(20-56)78-49)79-47-38(68)34(64)31(61)24(17-53)75-47/h21-27,29-56,59-71H,4-20H2,1-3H3,(H,57,58)/t21-,22+,23+,24-,25-,26-,27-,29-,30+,31-,32-,33-,34+,35+,36+,37-,38-,39-,40-,41-,42-,43-,44+,45-,46-,47+,48+,49+,50+,51+,52+/m1/s1. The number of aliphatic hydroxyl groups excluding tert-OH is 17. The molecule has 0 aliphatic carbocycles. The lowest BCUT2D eigenvalue weighted by Gasteiger charge is -2.51. The second-order valence-electron chi connectivity index (χ2n) is 22.4. The SMILES string of the molecule is CCCCC[C@@H](CCCCCCCCCC(=O)O)O[C@@H]1O[C@H](C)[C@@H](O)[C@H](O)[C@H]1O[C@@H]1O[C@H](CO)[C@@H](O)[C@H](O[C@@H]2O[C@H](CO)[C@@H](O)[C@H](O)[C@H]2O)[C@H]1O[C@@H]1O[C@@H](C)[C@H](O)[C@@H](O[C@@H]2O[C@H](CO)[C@@H](O[C@@H]3O[C@H](CO)[C@@H](O)[C@H](O)[C@H]3O)[C@H](O)[C@H]2O)[C@H]1O. The van der Waals surface area contributed by atoms with Crippen LogP contribution in [0.2, 0.25) is 0 Å². The number of carboxylic acid groups (broad SMARTS) is 1. The molecule has 6 aliphatic rings. The molecular formula is C52H92O31. The van der Waals surface area contributed by atoms with Crippen molar-refractivity contribution in [2.24, 2.45) is 0 Å². The summed E-state index contributed by atoms with van der Waals surface area (Å²) in [7, 11) is 0. The second kappa shape index (κ2) is 33.2. The normalized spacial score (nSPS) is 45.7. The number of rotatable bonds is 30. The molecule has 31 heteroatoms. The van der Waals surface area contributed by atoms with E-state index < -0.39 is 223 Å². The minimum Gasteiger partial charge on any atom is -0.481 e. The fraction of sp³-hybridized carbons (Fsp3) is 0.981. The van der Waals surface area contributed by atoms with E-state index in [4.69, 9.17) is 61.9 Å². The third-order valence-electron chi connectivity index (χ3n) is 16.2. The molecule has 0 bridgehead atoms. The summed E-state index contributed by atoms with van der Waals surface area (Å²) in [6, 6.07) is 0. The first-order chi connectivity index (χ1) is 39.5. The van der Waals surface area contributed by atoms with Gasteiger partial charge in [-0.25, -0.2) is 0 Å². The summed E-state index contributed by atoms with van der Waals surface area (Å²) < 4.78 is 72.0. The molecule has 486 valence electrons. The Hall–Kier alpha value is -1.69. The van der Waals surface area contributed by atoms with Gasteiger partial charge in [-0.1, -0.05) is 64.7 Å². The van der Waals surface area contributed by atoms with Gasteiger partial charge in [-0.15, -0.1) is 0 Å². The minimum atomic E-state index is -2.20. The smallest absolute Gasteiger partial charge is 0.303 e. The molecule has 6 fully saturated rings. The van der Waals surface area contributed by atoms with Crippen LogP contribution in [-0.4, -0.2) is 315 Å². The van der Waals surface area contributed by atoms with Crippen LogP contribution < -0.4 is 0 Å². The highest BCUT2D eigenvalue weighted by atomic mass is 16.8. The van der Waals surface area contributed by atoms with Crippen molar-refractivity contribution in [3.8, 4) is 0 Å². The van der Waals surface area contributed by atoms with E-state index >= 15 is 0 Å². The Morgan fingerprint density at radius 1 is 0.361 bits per heavy atom. The Balaban J connectivity index is 1.27. The Labute approximate surface area is 479 Å². The average Bonchev–Trinajstić information content (AvgIpc) is 2.84. The number of aliphatic hydroxyl groups is 17. The van der Waals surface area contributed by atoms with Gasteiger partial charge in [0.05, 0.1) is 44.7 Å². The number of carbonyl (C=O) groups is 1. The molecule has 0 aromatic carbocycles. The molecule has 83 heavy (non-hydrogen) atoms. The van der Waals surface area contributed by atoms with Crippen LogP contribution in [0.3, 0.4) is 0 Å². The van der Waals surface area contributed by atoms with E-state index in [1.807, 2.05) is 6.92 Å². The number of hydrogen-bond donors (Lipinski definition) is 18. The summed E-state index contributed by atoms with van der Waals surface area (Å²) in [5.74, 6) is -0.837. The van der Waals surface area contributed by atoms with Gasteiger partial charge in [-0.3, -0.25) is 4.79 Å². The van der Waals surface area contributed by atoms with E-state index in [2.05, 4.69) is 0 Å². The van der Waals surface area contributed by atoms with Crippen molar-refractivity contribution < 1.29 is 154 Å². The maximum Gasteiger partial charge on any atom is 0.303 e. The van der Waals surface area contributed by atoms with Gasteiger partial charge in [0.1, 0.15) is 134 Å². The molecule has 0 radical (unpaired) electrons. The van der Waals surface area contributed by atoms with Gasteiger partial charge >= 0.3 is 5.97 Å². The van der Waals surface area contributed by atoms with E-state index in [1.54, 1.807) is 0 Å². The molecule has 0 unspecified atom stereocenters. The fourth-order valence-corrected chi connectivity index (χ4v) is 11.1. The number of aliphatic carboxylic acids is 1. The van der Waals surface area contributed by atoms with Gasteiger partial charge < -0.3 is 149 Å². The second-order valence-corrected chi connectivity index (χ2v) is 22.4. The van der Waals surface area contributed by atoms with Crippen molar-refractivity contribution in [1.29, 1.82) is 0 Å². The fourth-order valence-electron chi connectivity index (χ4n) is 11.1. The topological polar surface area (TPSA) is 492 Å². The lowest BCUT2D eigenvalue weighted by Crippen LogP contribution is -2.69. The van der Waals surface area contributed by atoms with Crippen molar-refractivity contribution in [1.82, 2.24) is 0 Å². The van der Waals surface area contributed by atoms with Crippen molar-refractivity contribution in [2.45, 2.75) is 295 Å². The Kier molecular flexibility index (Phi) is 28.2. The van der Waals surface area contributed by atoms with Crippen LogP contribution in [0.4, 0.5) is 0 Å². The Morgan fingerprint density at radius 2 is 0.759 bits per heavy atom. The van der Waals surface area contributed by atoms with Gasteiger partial charge in [-0.05, 0) is 33.1 Å². The molecule has 0 spiro atoms. The van der Waals surface area contributed by atoms with Crippen molar-refractivity contribution >= 4 is 5.97 Å². The monoisotopic (exact) mass is 1210 g/mol. The number of ether oxygens (including phenoxy) is 12. The third kappa shape index (κ3) is 17.6. The zero-order valence-corrected chi connectivity index (χ0v) is 46.8. The van der Waals surface area contributed by atoms with Crippen LogP contribution in [-0.2, 0) is 61.6 Å². The molecule has 6 saturated heterocycles. The Bertz CT molecular complexity index is 1860. The highest BCUT2D eigenvalue weighted by Gasteiger charge is 2.58. The first-order valence-corrected chi connectivity index (χ1v) is 28.9. The quantitative estimate of drug-likeness (QED) is 0.0297. The zero-order chi connectivity index (χ0) is 61.0. The van der Waals surface area contributed by atoms with E-state index in [0.29, 0.717) is 19.3 Å². The van der Waals surface area contributed by atoms with Crippen molar-refractivity contribution in [2.75, 3.05) is 26.4 Å². The molecule has 31 nitrogen and oxygen atoms in total. The van der Waals surface area contributed by atoms with Gasteiger partial charge in [0.25, 0.3) is 0 Å². The highest BCUT2D eigenvalue weighted by Crippen LogP contribution is 2.39. The summed E-state index contributed by atoms with van der Waals surface area (Å²) in [5.41, 5.74) is 0. The molecule has 6 heterocycles. The zero-order valence-electron chi connectivity index (χ0n) is 46.8. The molecule has 0 aromatic rings. The van der Waals surface area contributed by atoms with Crippen LogP contribution in [0, 0.1) is 0 Å². The molecule has 6 aliphatic heterocycles.